The van der Waals surface area contributed by atoms with E-state index in [1.165, 1.54) is 11.3 Å². The largest absolute Gasteiger partial charge is 0.464 e. The van der Waals surface area contributed by atoms with Crippen molar-refractivity contribution in [2.45, 2.75) is 25.0 Å². The molecule has 3 rings (SSSR count). The van der Waals surface area contributed by atoms with Crippen molar-refractivity contribution in [2.24, 2.45) is 0 Å². The van der Waals surface area contributed by atoms with Crippen molar-refractivity contribution in [1.29, 1.82) is 0 Å². The van der Waals surface area contributed by atoms with Crippen molar-refractivity contribution in [2.75, 3.05) is 11.4 Å². The van der Waals surface area contributed by atoms with E-state index in [4.69, 9.17) is 4.74 Å². The van der Waals surface area contributed by atoms with E-state index in [0.29, 0.717) is 6.47 Å². The van der Waals surface area contributed by atoms with Crippen LogP contribution in [0.15, 0.2) is 60.7 Å². The van der Waals surface area contributed by atoms with E-state index in [1.807, 2.05) is 12.1 Å². The van der Waals surface area contributed by atoms with Gasteiger partial charge >= 0.3 is 0 Å². The number of anilines is 1. The Morgan fingerprint density at radius 1 is 1.00 bits per heavy atom. The smallest absolute Gasteiger partial charge is 0.293 e. The van der Waals surface area contributed by atoms with Crippen LogP contribution < -0.4 is 4.90 Å². The van der Waals surface area contributed by atoms with Crippen molar-refractivity contribution in [1.82, 2.24) is 0 Å². The molecule has 2 unspecified atom stereocenters. The minimum Gasteiger partial charge on any atom is -0.464 e. The first-order valence-electron chi connectivity index (χ1n) is 7.34. The van der Waals surface area contributed by atoms with Gasteiger partial charge in [-0.25, -0.2) is 0 Å². The monoisotopic (exact) mass is 281 g/mol. The van der Waals surface area contributed by atoms with E-state index < -0.39 is 0 Å². The van der Waals surface area contributed by atoms with Crippen LogP contribution in [0.4, 0.5) is 5.69 Å². The molecule has 1 heterocycles. The van der Waals surface area contributed by atoms with E-state index in [9.17, 15) is 4.79 Å². The quantitative estimate of drug-likeness (QED) is 0.802. The summed E-state index contributed by atoms with van der Waals surface area (Å²) in [7, 11) is 0. The summed E-state index contributed by atoms with van der Waals surface area (Å²) in [5.41, 5.74) is 2.48. The predicted octanol–water partition coefficient (Wildman–Crippen LogP) is 3.57. The van der Waals surface area contributed by atoms with Gasteiger partial charge in [-0.05, 0) is 17.7 Å². The van der Waals surface area contributed by atoms with Crippen molar-refractivity contribution in [3.63, 3.8) is 0 Å². The Morgan fingerprint density at radius 2 is 1.67 bits per heavy atom. The third-order valence-corrected chi connectivity index (χ3v) is 4.07. The lowest BCUT2D eigenvalue weighted by Gasteiger charge is -2.40. The van der Waals surface area contributed by atoms with E-state index in [2.05, 4.69) is 53.4 Å². The number of ether oxygens (including phenoxy) is 1. The van der Waals surface area contributed by atoms with Gasteiger partial charge in [0.25, 0.3) is 6.47 Å². The second-order valence-corrected chi connectivity index (χ2v) is 5.33. The molecule has 0 aliphatic carbocycles. The molecule has 0 saturated carbocycles. The average molecular weight is 281 g/mol. The van der Waals surface area contributed by atoms with Crippen LogP contribution in [0.2, 0.25) is 0 Å². The summed E-state index contributed by atoms with van der Waals surface area (Å²) in [5, 5.41) is 0. The minimum atomic E-state index is 0.00710. The fraction of sp³-hybridized carbons (Fsp3) is 0.278. The number of piperidine rings is 1. The maximum Gasteiger partial charge on any atom is 0.293 e. The van der Waals surface area contributed by atoms with Gasteiger partial charge < -0.3 is 9.64 Å². The first kappa shape index (κ1) is 13.7. The molecule has 1 saturated heterocycles. The van der Waals surface area contributed by atoms with Gasteiger partial charge in [-0.3, -0.25) is 4.79 Å². The Hall–Kier alpha value is -2.29. The Labute approximate surface area is 125 Å². The Kier molecular flexibility index (Phi) is 4.20. The maximum atomic E-state index is 10.6. The van der Waals surface area contributed by atoms with Crippen molar-refractivity contribution in [3.8, 4) is 0 Å². The molecule has 3 nitrogen and oxygen atoms in total. The zero-order chi connectivity index (χ0) is 14.5. The van der Waals surface area contributed by atoms with Gasteiger partial charge in [0.15, 0.2) is 0 Å². The molecule has 0 spiro atoms. The molecule has 1 fully saturated rings. The number of benzene rings is 2. The van der Waals surface area contributed by atoms with Gasteiger partial charge in [0, 0.05) is 25.1 Å². The molecule has 2 aromatic rings. The third kappa shape index (κ3) is 3.07. The molecule has 1 aliphatic heterocycles. The fourth-order valence-electron chi connectivity index (χ4n) is 3.05. The van der Waals surface area contributed by atoms with Crippen LogP contribution in [0, 0.1) is 0 Å². The normalized spacial score (nSPS) is 21.8. The van der Waals surface area contributed by atoms with E-state index in [-0.39, 0.29) is 12.1 Å². The lowest BCUT2D eigenvalue weighted by atomic mass is 9.92. The summed E-state index contributed by atoms with van der Waals surface area (Å²) in [6.45, 7) is 1.47. The molecule has 2 atom stereocenters. The average Bonchev–Trinajstić information content (AvgIpc) is 2.57. The van der Waals surface area contributed by atoms with Crippen LogP contribution in [0.25, 0.3) is 0 Å². The summed E-state index contributed by atoms with van der Waals surface area (Å²) in [4.78, 5) is 13.0. The summed E-state index contributed by atoms with van der Waals surface area (Å²) >= 11 is 0. The molecule has 1 aliphatic rings. The molecule has 2 aromatic carbocycles. The Morgan fingerprint density at radius 3 is 2.33 bits per heavy atom. The number of hydrogen-bond donors (Lipinski definition) is 0. The first-order valence-corrected chi connectivity index (χ1v) is 7.34. The molecular formula is C18H19NO2. The number of rotatable bonds is 4. The molecule has 3 heteroatoms. The maximum absolute atomic E-state index is 10.6. The number of nitrogens with zero attached hydrogens (tertiary/aromatic N) is 1. The third-order valence-electron chi connectivity index (χ3n) is 4.07. The van der Waals surface area contributed by atoms with Crippen LogP contribution >= 0.6 is 0 Å². The first-order chi connectivity index (χ1) is 10.4. The summed E-state index contributed by atoms with van der Waals surface area (Å²) in [5.74, 6) is 0. The highest BCUT2D eigenvalue weighted by molar-refractivity contribution is 5.49. The van der Waals surface area contributed by atoms with Gasteiger partial charge in [0.1, 0.15) is 6.10 Å². The lowest BCUT2D eigenvalue weighted by Crippen LogP contribution is -2.39. The summed E-state index contributed by atoms with van der Waals surface area (Å²) in [6, 6.07) is 21.1. The highest BCUT2D eigenvalue weighted by Gasteiger charge is 2.30. The Balaban J connectivity index is 1.89. The topological polar surface area (TPSA) is 29.5 Å². The second-order valence-electron chi connectivity index (χ2n) is 5.33. The van der Waals surface area contributed by atoms with E-state index >= 15 is 0 Å². The van der Waals surface area contributed by atoms with Crippen molar-refractivity contribution >= 4 is 12.2 Å². The highest BCUT2D eigenvalue weighted by atomic mass is 16.5. The van der Waals surface area contributed by atoms with Crippen LogP contribution in [0.3, 0.4) is 0 Å². The fourth-order valence-corrected chi connectivity index (χ4v) is 3.05. The summed E-state index contributed by atoms with van der Waals surface area (Å²) < 4.78 is 5.21. The molecule has 0 amide bonds. The molecule has 108 valence electrons. The van der Waals surface area contributed by atoms with Crippen LogP contribution in [-0.4, -0.2) is 19.1 Å². The van der Waals surface area contributed by atoms with Gasteiger partial charge in [-0.15, -0.1) is 0 Å². The van der Waals surface area contributed by atoms with Crippen molar-refractivity contribution < 1.29 is 9.53 Å². The van der Waals surface area contributed by atoms with Crippen molar-refractivity contribution in [3.05, 3.63) is 66.2 Å². The number of carbonyl (C=O) groups excluding carboxylic acids is 1. The van der Waals surface area contributed by atoms with Gasteiger partial charge in [0.05, 0.1) is 6.04 Å². The molecule has 0 bridgehead atoms. The Bertz CT molecular complexity index is 570. The van der Waals surface area contributed by atoms with Gasteiger partial charge in [0.2, 0.25) is 0 Å². The van der Waals surface area contributed by atoms with Gasteiger partial charge in [-0.1, -0.05) is 48.5 Å². The number of hydrogen-bond acceptors (Lipinski definition) is 3. The number of carbonyl (C=O) groups is 1. The van der Waals surface area contributed by atoms with Crippen LogP contribution in [-0.2, 0) is 9.53 Å². The second kappa shape index (κ2) is 6.44. The number of para-hydroxylation sites is 1. The predicted molar refractivity (Wildman–Crippen MR) is 83.1 cm³/mol. The van der Waals surface area contributed by atoms with Gasteiger partial charge in [-0.2, -0.15) is 0 Å². The molecular weight excluding hydrogens is 262 g/mol. The zero-order valence-corrected chi connectivity index (χ0v) is 11.9. The zero-order valence-electron chi connectivity index (χ0n) is 11.9. The standard InChI is InChI=1S/C18H19NO2/c20-14-21-17-11-12-19(16-9-5-2-6-10-16)18(13-17)15-7-3-1-4-8-15/h1-10,14,17-18H,11-13H2. The van der Waals surface area contributed by atoms with Crippen LogP contribution in [0.5, 0.6) is 0 Å². The molecule has 0 N–H and O–H groups in total. The lowest BCUT2D eigenvalue weighted by molar-refractivity contribution is -0.134. The van der Waals surface area contributed by atoms with Crippen LogP contribution in [0.1, 0.15) is 24.4 Å². The van der Waals surface area contributed by atoms with E-state index in [0.717, 1.165) is 19.4 Å². The highest BCUT2D eigenvalue weighted by Crippen LogP contribution is 2.35. The molecule has 21 heavy (non-hydrogen) atoms. The SMILES string of the molecule is O=COC1CCN(c2ccccc2)C(c2ccccc2)C1. The minimum absolute atomic E-state index is 0.00710. The van der Waals surface area contributed by atoms with E-state index in [1.54, 1.807) is 0 Å². The summed E-state index contributed by atoms with van der Waals surface area (Å²) in [6.07, 6.45) is 1.71. The molecule has 0 aromatic heterocycles. The molecule has 0 radical (unpaired) electrons.